The second-order valence-corrected chi connectivity index (χ2v) is 6.35. The third-order valence-corrected chi connectivity index (χ3v) is 3.97. The first-order valence-electron chi connectivity index (χ1n) is 6.51. The molecule has 2 N–H and O–H groups in total. The Morgan fingerprint density at radius 3 is 2.65 bits per heavy atom. The zero-order chi connectivity index (χ0) is 12.6. The predicted octanol–water partition coefficient (Wildman–Crippen LogP) is 1.92. The number of hydrogen-bond donors (Lipinski definition) is 2. The summed E-state index contributed by atoms with van der Waals surface area (Å²) in [5, 5.41) is 12.3. The van der Waals surface area contributed by atoms with Crippen LogP contribution in [0.25, 0.3) is 0 Å². The van der Waals surface area contributed by atoms with Crippen LogP contribution in [0, 0.1) is 17.8 Å². The number of alkyl carbamates (subject to hydrolysis) is 1. The van der Waals surface area contributed by atoms with E-state index in [0.717, 1.165) is 12.8 Å². The van der Waals surface area contributed by atoms with Gasteiger partial charge in [-0.15, -0.1) is 0 Å². The van der Waals surface area contributed by atoms with Crippen LogP contribution in [-0.2, 0) is 4.74 Å². The lowest BCUT2D eigenvalue weighted by atomic mass is 9.89. The maximum absolute atomic E-state index is 11.7. The fourth-order valence-corrected chi connectivity index (χ4v) is 3.35. The summed E-state index contributed by atoms with van der Waals surface area (Å²) in [7, 11) is 0. The summed E-state index contributed by atoms with van der Waals surface area (Å²) in [6.45, 7) is 5.85. The summed E-state index contributed by atoms with van der Waals surface area (Å²) >= 11 is 0. The summed E-state index contributed by atoms with van der Waals surface area (Å²) in [4.78, 5) is 11.7. The van der Waals surface area contributed by atoms with E-state index in [2.05, 4.69) is 5.32 Å². The molecule has 2 aliphatic rings. The highest BCUT2D eigenvalue weighted by Crippen LogP contribution is 2.48. The van der Waals surface area contributed by atoms with Crippen molar-refractivity contribution < 1.29 is 14.6 Å². The van der Waals surface area contributed by atoms with Crippen molar-refractivity contribution in [1.29, 1.82) is 0 Å². The topological polar surface area (TPSA) is 58.6 Å². The van der Waals surface area contributed by atoms with Crippen LogP contribution < -0.4 is 5.32 Å². The van der Waals surface area contributed by atoms with E-state index >= 15 is 0 Å². The molecule has 1 amide bonds. The van der Waals surface area contributed by atoms with Crippen molar-refractivity contribution in [2.45, 2.75) is 51.7 Å². The number of fused-ring (bicyclic) bond motifs is 2. The van der Waals surface area contributed by atoms with E-state index in [1.54, 1.807) is 0 Å². The molecule has 4 nitrogen and oxygen atoms in total. The summed E-state index contributed by atoms with van der Waals surface area (Å²) < 4.78 is 5.28. The molecule has 4 atom stereocenters. The minimum absolute atomic E-state index is 0.210. The minimum atomic E-state index is -0.446. The first kappa shape index (κ1) is 12.7. The zero-order valence-electron chi connectivity index (χ0n) is 10.9. The lowest BCUT2D eigenvalue weighted by Gasteiger charge is -2.24. The number of carbonyl (C=O) groups excluding carboxylic acids is 1. The molecule has 2 fully saturated rings. The Kier molecular flexibility index (Phi) is 3.34. The largest absolute Gasteiger partial charge is 0.444 e. The summed E-state index contributed by atoms with van der Waals surface area (Å²) in [6, 6.07) is 0.210. The number of aliphatic hydroxyl groups excluding tert-OH is 1. The minimum Gasteiger partial charge on any atom is -0.444 e. The molecular weight excluding hydrogens is 218 g/mol. The van der Waals surface area contributed by atoms with E-state index in [1.165, 1.54) is 6.42 Å². The number of carbonyl (C=O) groups is 1. The van der Waals surface area contributed by atoms with E-state index < -0.39 is 5.60 Å². The van der Waals surface area contributed by atoms with E-state index in [4.69, 9.17) is 4.74 Å². The number of rotatable bonds is 2. The Balaban J connectivity index is 1.90. The third kappa shape index (κ3) is 2.73. The molecular formula is C13H23NO3. The van der Waals surface area contributed by atoms with Crippen LogP contribution in [0.5, 0.6) is 0 Å². The maximum Gasteiger partial charge on any atom is 0.407 e. The van der Waals surface area contributed by atoms with Crippen LogP contribution in [0.3, 0.4) is 0 Å². The molecule has 0 spiro atoms. The van der Waals surface area contributed by atoms with Gasteiger partial charge >= 0.3 is 6.09 Å². The highest BCUT2D eigenvalue weighted by Gasteiger charge is 2.48. The van der Waals surface area contributed by atoms with Gasteiger partial charge in [-0.05, 0) is 57.8 Å². The Morgan fingerprint density at radius 1 is 1.41 bits per heavy atom. The van der Waals surface area contributed by atoms with Crippen molar-refractivity contribution in [3.05, 3.63) is 0 Å². The first-order chi connectivity index (χ1) is 7.90. The molecule has 2 saturated carbocycles. The number of aliphatic hydroxyl groups is 1. The molecule has 17 heavy (non-hydrogen) atoms. The molecule has 0 saturated heterocycles. The molecule has 98 valence electrons. The molecule has 0 aromatic carbocycles. The SMILES string of the molecule is CC(C)(C)OC(=O)N[C@H]1[C@H]2CC[C@H]1[C@H](CO)C2. The van der Waals surface area contributed by atoms with Gasteiger partial charge in [-0.25, -0.2) is 4.79 Å². The van der Waals surface area contributed by atoms with E-state index in [9.17, 15) is 9.90 Å². The highest BCUT2D eigenvalue weighted by molar-refractivity contribution is 5.68. The van der Waals surface area contributed by atoms with Gasteiger partial charge in [-0.2, -0.15) is 0 Å². The first-order valence-corrected chi connectivity index (χ1v) is 6.51. The monoisotopic (exact) mass is 241 g/mol. The molecule has 0 aromatic heterocycles. The van der Waals surface area contributed by atoms with E-state index in [0.29, 0.717) is 17.8 Å². The zero-order valence-corrected chi connectivity index (χ0v) is 10.9. The second kappa shape index (κ2) is 4.48. The standard InChI is InChI=1S/C13H23NO3/c1-13(2,3)17-12(16)14-11-8-4-5-10(11)9(6-8)7-15/h8-11,15H,4-7H2,1-3H3,(H,14,16)/t8-,9-,10-,11-/m0/s1. The van der Waals surface area contributed by atoms with Gasteiger partial charge in [0, 0.05) is 12.6 Å². The average Bonchev–Trinajstić information content (AvgIpc) is 2.72. The Labute approximate surface area is 103 Å². The van der Waals surface area contributed by atoms with Gasteiger partial charge in [0.1, 0.15) is 5.60 Å². The van der Waals surface area contributed by atoms with Crippen molar-refractivity contribution in [2.24, 2.45) is 17.8 Å². The molecule has 0 unspecified atom stereocenters. The van der Waals surface area contributed by atoms with Crippen molar-refractivity contribution in [1.82, 2.24) is 5.32 Å². The molecule has 0 aliphatic heterocycles. The number of nitrogens with one attached hydrogen (secondary N) is 1. The van der Waals surface area contributed by atoms with Crippen molar-refractivity contribution in [3.63, 3.8) is 0 Å². The van der Waals surface area contributed by atoms with Gasteiger partial charge in [-0.3, -0.25) is 0 Å². The van der Waals surface area contributed by atoms with Crippen LogP contribution >= 0.6 is 0 Å². The normalized spacial score (nSPS) is 36.0. The Morgan fingerprint density at radius 2 is 2.12 bits per heavy atom. The smallest absolute Gasteiger partial charge is 0.407 e. The van der Waals surface area contributed by atoms with Gasteiger partial charge in [0.15, 0.2) is 0 Å². The lowest BCUT2D eigenvalue weighted by Crippen LogP contribution is -2.42. The van der Waals surface area contributed by atoms with Crippen LogP contribution in [-0.4, -0.2) is 29.4 Å². The van der Waals surface area contributed by atoms with Crippen LogP contribution in [0.4, 0.5) is 4.79 Å². The number of amides is 1. The Bertz CT molecular complexity index is 298. The molecule has 0 heterocycles. The van der Waals surface area contributed by atoms with Crippen LogP contribution in [0.1, 0.15) is 40.0 Å². The summed E-state index contributed by atoms with van der Waals surface area (Å²) in [5.74, 6) is 1.34. The fraction of sp³-hybridized carbons (Fsp3) is 0.923. The average molecular weight is 241 g/mol. The van der Waals surface area contributed by atoms with E-state index in [1.807, 2.05) is 20.8 Å². The summed E-state index contributed by atoms with van der Waals surface area (Å²) in [6.07, 6.45) is 3.01. The van der Waals surface area contributed by atoms with Gasteiger partial charge in [0.05, 0.1) is 0 Å². The lowest BCUT2D eigenvalue weighted by molar-refractivity contribution is 0.0486. The number of ether oxygens (including phenoxy) is 1. The van der Waals surface area contributed by atoms with Crippen molar-refractivity contribution in [3.8, 4) is 0 Å². The van der Waals surface area contributed by atoms with Gasteiger partial charge in [-0.1, -0.05) is 0 Å². The molecule has 4 heteroatoms. The fourth-order valence-electron chi connectivity index (χ4n) is 3.35. The third-order valence-electron chi connectivity index (χ3n) is 3.97. The van der Waals surface area contributed by atoms with Crippen molar-refractivity contribution in [2.75, 3.05) is 6.61 Å². The van der Waals surface area contributed by atoms with Crippen LogP contribution in [0.2, 0.25) is 0 Å². The number of hydrogen-bond acceptors (Lipinski definition) is 3. The molecule has 0 radical (unpaired) electrons. The quantitative estimate of drug-likeness (QED) is 0.776. The summed E-state index contributed by atoms with van der Waals surface area (Å²) in [5.41, 5.74) is -0.446. The molecule has 2 rings (SSSR count). The van der Waals surface area contributed by atoms with Gasteiger partial charge < -0.3 is 15.2 Å². The highest BCUT2D eigenvalue weighted by atomic mass is 16.6. The van der Waals surface area contributed by atoms with Gasteiger partial charge in [0.25, 0.3) is 0 Å². The predicted molar refractivity (Wildman–Crippen MR) is 64.6 cm³/mol. The maximum atomic E-state index is 11.7. The van der Waals surface area contributed by atoms with E-state index in [-0.39, 0.29) is 18.7 Å². The van der Waals surface area contributed by atoms with Crippen LogP contribution in [0.15, 0.2) is 0 Å². The molecule has 2 bridgehead atoms. The second-order valence-electron chi connectivity index (χ2n) is 6.35. The molecule has 2 aliphatic carbocycles. The molecule has 0 aromatic rings. The van der Waals surface area contributed by atoms with Gasteiger partial charge in [0.2, 0.25) is 0 Å². The Hall–Kier alpha value is -0.770. The van der Waals surface area contributed by atoms with Crippen molar-refractivity contribution >= 4 is 6.09 Å².